The molecule has 1 saturated heterocycles. The first-order chi connectivity index (χ1) is 9.16. The molecular weight excluding hydrogens is 300 g/mol. The van der Waals surface area contributed by atoms with Crippen LogP contribution in [-0.4, -0.2) is 18.6 Å². The van der Waals surface area contributed by atoms with Crippen LogP contribution in [-0.2, 0) is 0 Å². The van der Waals surface area contributed by atoms with Gasteiger partial charge in [0.25, 0.3) is 0 Å². The summed E-state index contributed by atoms with van der Waals surface area (Å²) >= 11 is 3.64. The van der Waals surface area contributed by atoms with Crippen LogP contribution in [0.4, 0.5) is 5.69 Å². The average molecular weight is 319 g/mol. The number of hydrogen-bond acceptors (Lipinski definition) is 2. The summed E-state index contributed by atoms with van der Waals surface area (Å²) in [4.78, 5) is 2.50. The largest absolute Gasteiger partial charge is 0.368 e. The summed E-state index contributed by atoms with van der Waals surface area (Å²) < 4.78 is 1.16. The molecule has 2 aromatic carbocycles. The topological polar surface area (TPSA) is 29.3 Å². The number of piperidine rings is 1. The molecule has 3 heteroatoms. The predicted molar refractivity (Wildman–Crippen MR) is 85.7 cm³/mol. The van der Waals surface area contributed by atoms with Crippen LogP contribution in [0.15, 0.2) is 40.9 Å². The second-order valence-electron chi connectivity index (χ2n) is 5.44. The third-order valence-corrected chi connectivity index (χ3v) is 4.77. The molecular formula is C16H19BrN2. The summed E-state index contributed by atoms with van der Waals surface area (Å²) in [6, 6.07) is 13.8. The minimum atomic E-state index is 0.355. The van der Waals surface area contributed by atoms with E-state index in [1.54, 1.807) is 0 Å². The van der Waals surface area contributed by atoms with Gasteiger partial charge in [0, 0.05) is 34.2 Å². The normalized spacial score (nSPS) is 23.8. The molecule has 1 aliphatic rings. The maximum Gasteiger partial charge on any atom is 0.0449 e. The molecule has 0 radical (unpaired) electrons. The minimum absolute atomic E-state index is 0.355. The second-order valence-corrected chi connectivity index (χ2v) is 6.29. The van der Waals surface area contributed by atoms with E-state index in [0.29, 0.717) is 12.1 Å². The monoisotopic (exact) mass is 318 g/mol. The molecule has 2 N–H and O–H groups in total. The molecule has 0 bridgehead atoms. The van der Waals surface area contributed by atoms with Crippen molar-refractivity contribution in [1.82, 2.24) is 0 Å². The van der Waals surface area contributed by atoms with Crippen LogP contribution < -0.4 is 10.6 Å². The number of nitrogens with two attached hydrogens (primary N) is 1. The lowest BCUT2D eigenvalue weighted by atomic mass is 9.97. The second kappa shape index (κ2) is 5.14. The highest BCUT2D eigenvalue weighted by molar-refractivity contribution is 9.10. The van der Waals surface area contributed by atoms with Gasteiger partial charge in [0.1, 0.15) is 0 Å². The Bertz CT molecular complexity index is 596. The van der Waals surface area contributed by atoms with Crippen LogP contribution in [0.3, 0.4) is 0 Å². The van der Waals surface area contributed by atoms with Crippen LogP contribution in [0.2, 0.25) is 0 Å². The quantitative estimate of drug-likeness (QED) is 0.863. The molecule has 19 heavy (non-hydrogen) atoms. The van der Waals surface area contributed by atoms with Crippen molar-refractivity contribution in [3.05, 3.63) is 40.9 Å². The van der Waals surface area contributed by atoms with Crippen LogP contribution in [0, 0.1) is 0 Å². The minimum Gasteiger partial charge on any atom is -0.368 e. The van der Waals surface area contributed by atoms with Gasteiger partial charge in [-0.25, -0.2) is 0 Å². The van der Waals surface area contributed by atoms with Crippen molar-refractivity contribution < 1.29 is 0 Å². The van der Waals surface area contributed by atoms with Gasteiger partial charge in [0.15, 0.2) is 0 Å². The lowest BCUT2D eigenvalue weighted by Crippen LogP contribution is -2.45. The maximum absolute atomic E-state index is 6.07. The molecule has 0 amide bonds. The van der Waals surface area contributed by atoms with E-state index in [-0.39, 0.29) is 0 Å². The average Bonchev–Trinajstić information content (AvgIpc) is 2.41. The van der Waals surface area contributed by atoms with Gasteiger partial charge >= 0.3 is 0 Å². The van der Waals surface area contributed by atoms with Gasteiger partial charge in [0.05, 0.1) is 0 Å². The Hall–Kier alpha value is -1.06. The molecule has 0 spiro atoms. The number of anilines is 1. The zero-order valence-corrected chi connectivity index (χ0v) is 12.7. The molecule has 2 nitrogen and oxygen atoms in total. The van der Waals surface area contributed by atoms with Crippen LogP contribution in [0.25, 0.3) is 10.8 Å². The van der Waals surface area contributed by atoms with Crippen molar-refractivity contribution in [3.63, 3.8) is 0 Å². The van der Waals surface area contributed by atoms with Crippen LogP contribution in [0.5, 0.6) is 0 Å². The van der Waals surface area contributed by atoms with Crippen molar-refractivity contribution >= 4 is 32.4 Å². The molecule has 1 aliphatic heterocycles. The van der Waals surface area contributed by atoms with E-state index in [1.165, 1.54) is 16.5 Å². The summed E-state index contributed by atoms with van der Waals surface area (Å²) in [5.74, 6) is 0. The Kier molecular flexibility index (Phi) is 3.50. The van der Waals surface area contributed by atoms with Crippen molar-refractivity contribution in [2.75, 3.05) is 11.4 Å². The first kappa shape index (κ1) is 12.9. The van der Waals surface area contributed by atoms with Gasteiger partial charge in [0.2, 0.25) is 0 Å². The molecule has 2 atom stereocenters. The molecule has 2 unspecified atom stereocenters. The first-order valence-corrected chi connectivity index (χ1v) is 7.65. The van der Waals surface area contributed by atoms with E-state index < -0.39 is 0 Å². The molecule has 1 heterocycles. The molecule has 0 aliphatic carbocycles. The zero-order valence-electron chi connectivity index (χ0n) is 11.1. The first-order valence-electron chi connectivity index (χ1n) is 6.86. The maximum atomic E-state index is 6.07. The molecule has 0 saturated carbocycles. The highest BCUT2D eigenvalue weighted by Gasteiger charge is 2.24. The Morgan fingerprint density at radius 3 is 2.63 bits per heavy atom. The highest BCUT2D eigenvalue weighted by Crippen LogP contribution is 2.34. The number of halogens is 1. The SMILES string of the molecule is CC1CC(N)CCN1c1ccc(Br)c2ccccc12. The van der Waals surface area contributed by atoms with E-state index in [1.807, 2.05) is 0 Å². The number of hydrogen-bond donors (Lipinski definition) is 1. The van der Waals surface area contributed by atoms with Gasteiger partial charge in [-0.1, -0.05) is 40.2 Å². The molecule has 1 fully saturated rings. The third kappa shape index (κ3) is 2.37. The summed E-state index contributed by atoms with van der Waals surface area (Å²) in [5.41, 5.74) is 7.40. The summed E-state index contributed by atoms with van der Waals surface area (Å²) in [5, 5.41) is 2.60. The fourth-order valence-corrected chi connectivity index (χ4v) is 3.54. The van der Waals surface area contributed by atoms with Gasteiger partial charge in [-0.2, -0.15) is 0 Å². The van der Waals surface area contributed by atoms with Gasteiger partial charge in [-0.3, -0.25) is 0 Å². The van der Waals surface area contributed by atoms with Crippen molar-refractivity contribution in [2.45, 2.75) is 31.8 Å². The molecule has 2 aromatic rings. The number of nitrogens with zero attached hydrogens (tertiary/aromatic N) is 1. The Morgan fingerprint density at radius 2 is 1.89 bits per heavy atom. The lowest BCUT2D eigenvalue weighted by molar-refractivity contribution is 0.430. The fourth-order valence-electron chi connectivity index (χ4n) is 3.06. The van der Waals surface area contributed by atoms with Gasteiger partial charge in [-0.15, -0.1) is 0 Å². The Balaban J connectivity index is 2.08. The smallest absolute Gasteiger partial charge is 0.0449 e. The van der Waals surface area contributed by atoms with E-state index in [2.05, 4.69) is 64.2 Å². The van der Waals surface area contributed by atoms with E-state index in [9.17, 15) is 0 Å². The Labute approximate surface area is 122 Å². The Morgan fingerprint density at radius 1 is 1.16 bits per heavy atom. The van der Waals surface area contributed by atoms with E-state index in [0.717, 1.165) is 23.9 Å². The van der Waals surface area contributed by atoms with Crippen LogP contribution in [0.1, 0.15) is 19.8 Å². The van der Waals surface area contributed by atoms with E-state index in [4.69, 9.17) is 5.73 Å². The van der Waals surface area contributed by atoms with Crippen molar-refractivity contribution in [1.29, 1.82) is 0 Å². The number of fused-ring (bicyclic) bond motifs is 1. The molecule has 100 valence electrons. The van der Waals surface area contributed by atoms with Crippen molar-refractivity contribution in [3.8, 4) is 0 Å². The summed E-state index contributed by atoms with van der Waals surface area (Å²) in [6.45, 7) is 3.32. The fraction of sp³-hybridized carbons (Fsp3) is 0.375. The number of rotatable bonds is 1. The predicted octanol–water partition coefficient (Wildman–Crippen LogP) is 3.92. The van der Waals surface area contributed by atoms with Crippen LogP contribution >= 0.6 is 15.9 Å². The lowest BCUT2D eigenvalue weighted by Gasteiger charge is -2.38. The summed E-state index contributed by atoms with van der Waals surface area (Å²) in [6.07, 6.45) is 2.15. The molecule has 0 aromatic heterocycles. The molecule has 3 rings (SSSR count). The third-order valence-electron chi connectivity index (χ3n) is 4.07. The summed E-state index contributed by atoms with van der Waals surface area (Å²) in [7, 11) is 0. The zero-order chi connectivity index (χ0) is 13.4. The van der Waals surface area contributed by atoms with Crippen molar-refractivity contribution in [2.24, 2.45) is 5.73 Å². The highest BCUT2D eigenvalue weighted by atomic mass is 79.9. The standard InChI is InChI=1S/C16H19BrN2/c1-11-10-12(18)8-9-19(11)16-7-6-15(17)13-4-2-3-5-14(13)16/h2-7,11-12H,8-10,18H2,1H3. The number of benzene rings is 2. The van der Waals surface area contributed by atoms with Gasteiger partial charge in [-0.05, 0) is 37.3 Å². The van der Waals surface area contributed by atoms with Gasteiger partial charge < -0.3 is 10.6 Å². The van der Waals surface area contributed by atoms with E-state index >= 15 is 0 Å².